The van der Waals surface area contributed by atoms with Gasteiger partial charge in [0.15, 0.2) is 0 Å². The van der Waals surface area contributed by atoms with Crippen LogP contribution >= 0.6 is 0 Å². The van der Waals surface area contributed by atoms with Crippen molar-refractivity contribution in [3.8, 4) is 5.88 Å². The maximum absolute atomic E-state index is 12.5. The molecule has 6 nitrogen and oxygen atoms in total. The van der Waals surface area contributed by atoms with Gasteiger partial charge in [-0.15, -0.1) is 0 Å². The Balaban J connectivity index is 2.11. The van der Waals surface area contributed by atoms with Crippen LogP contribution in [0.1, 0.15) is 19.8 Å². The molecule has 0 radical (unpaired) electrons. The van der Waals surface area contributed by atoms with Crippen LogP contribution in [0.15, 0.2) is 23.2 Å². The van der Waals surface area contributed by atoms with Crippen LogP contribution in [0.3, 0.4) is 0 Å². The van der Waals surface area contributed by atoms with Gasteiger partial charge in [-0.05, 0) is 31.7 Å². The zero-order chi connectivity index (χ0) is 14.8. The van der Waals surface area contributed by atoms with Crippen LogP contribution in [0, 0.1) is 5.92 Å². The third kappa shape index (κ3) is 3.11. The SMILES string of the molecule is COc1ccc(S(=O)(=O)N2CCC(C(C)N)CC2)cn1. The number of hydrogen-bond acceptors (Lipinski definition) is 5. The number of methoxy groups -OCH3 is 1. The Hall–Kier alpha value is -1.18. The Bertz CT molecular complexity index is 534. The van der Waals surface area contributed by atoms with E-state index in [-0.39, 0.29) is 10.9 Å². The Morgan fingerprint density at radius 3 is 2.50 bits per heavy atom. The lowest BCUT2D eigenvalue weighted by Gasteiger charge is -2.32. The molecule has 0 aliphatic carbocycles. The fraction of sp³-hybridized carbons (Fsp3) is 0.615. The summed E-state index contributed by atoms with van der Waals surface area (Å²) in [4.78, 5) is 4.16. The lowest BCUT2D eigenvalue weighted by Crippen LogP contribution is -2.42. The molecule has 1 fully saturated rings. The Labute approximate surface area is 120 Å². The van der Waals surface area contributed by atoms with Crippen molar-refractivity contribution in [2.24, 2.45) is 11.7 Å². The molecule has 1 atom stereocenters. The minimum atomic E-state index is -3.46. The van der Waals surface area contributed by atoms with E-state index in [0.29, 0.717) is 24.9 Å². The second kappa shape index (κ2) is 6.07. The first-order valence-electron chi connectivity index (χ1n) is 6.71. The van der Waals surface area contributed by atoms with Crippen LogP contribution in [0.5, 0.6) is 5.88 Å². The first kappa shape index (κ1) is 15.2. The normalized spacial score (nSPS) is 19.8. The topological polar surface area (TPSA) is 85.5 Å². The molecule has 1 aromatic heterocycles. The van der Waals surface area contributed by atoms with E-state index in [1.54, 1.807) is 6.07 Å². The van der Waals surface area contributed by atoms with Crippen molar-refractivity contribution < 1.29 is 13.2 Å². The van der Waals surface area contributed by atoms with Crippen molar-refractivity contribution in [3.63, 3.8) is 0 Å². The third-order valence-electron chi connectivity index (χ3n) is 3.80. The third-order valence-corrected chi connectivity index (χ3v) is 5.68. The molecule has 2 N–H and O–H groups in total. The van der Waals surface area contributed by atoms with Crippen LogP contribution in [-0.2, 0) is 10.0 Å². The molecule has 1 unspecified atom stereocenters. The van der Waals surface area contributed by atoms with Gasteiger partial charge in [0.25, 0.3) is 0 Å². The number of piperidine rings is 1. The van der Waals surface area contributed by atoms with Crippen LogP contribution < -0.4 is 10.5 Å². The van der Waals surface area contributed by atoms with E-state index in [2.05, 4.69) is 4.98 Å². The van der Waals surface area contributed by atoms with Gasteiger partial charge >= 0.3 is 0 Å². The van der Waals surface area contributed by atoms with Crippen LogP contribution in [0.25, 0.3) is 0 Å². The summed E-state index contributed by atoms with van der Waals surface area (Å²) in [6, 6.07) is 3.20. The van der Waals surface area contributed by atoms with Crippen molar-refractivity contribution in [3.05, 3.63) is 18.3 Å². The van der Waals surface area contributed by atoms with Gasteiger partial charge in [-0.25, -0.2) is 13.4 Å². The van der Waals surface area contributed by atoms with Gasteiger partial charge < -0.3 is 10.5 Å². The van der Waals surface area contributed by atoms with E-state index in [9.17, 15) is 8.42 Å². The predicted octanol–water partition coefficient (Wildman–Crippen LogP) is 0.838. The average molecular weight is 299 g/mol. The molecule has 1 saturated heterocycles. The molecule has 2 heterocycles. The van der Waals surface area contributed by atoms with E-state index in [4.69, 9.17) is 10.5 Å². The van der Waals surface area contributed by atoms with Crippen LogP contribution in [0.2, 0.25) is 0 Å². The van der Waals surface area contributed by atoms with Crippen LogP contribution in [-0.4, -0.2) is 43.9 Å². The summed E-state index contributed by atoms with van der Waals surface area (Å²) in [5.41, 5.74) is 5.87. The molecule has 1 aliphatic heterocycles. The van der Waals surface area contributed by atoms with Gasteiger partial charge in [0.1, 0.15) is 4.90 Å². The van der Waals surface area contributed by atoms with Crippen LogP contribution in [0.4, 0.5) is 0 Å². The minimum absolute atomic E-state index is 0.113. The zero-order valence-corrected chi connectivity index (χ0v) is 12.6. The smallest absolute Gasteiger partial charge is 0.244 e. The first-order valence-corrected chi connectivity index (χ1v) is 8.15. The quantitative estimate of drug-likeness (QED) is 0.890. The number of aromatic nitrogens is 1. The lowest BCUT2D eigenvalue weighted by atomic mass is 9.92. The molecule has 0 saturated carbocycles. The molecule has 112 valence electrons. The van der Waals surface area contributed by atoms with E-state index >= 15 is 0 Å². The second-order valence-electron chi connectivity index (χ2n) is 5.14. The largest absolute Gasteiger partial charge is 0.481 e. The molecule has 7 heteroatoms. The maximum Gasteiger partial charge on any atom is 0.244 e. The van der Waals surface area contributed by atoms with Gasteiger partial charge in [-0.3, -0.25) is 0 Å². The summed E-state index contributed by atoms with van der Waals surface area (Å²) in [6.45, 7) is 3.00. The summed E-state index contributed by atoms with van der Waals surface area (Å²) in [6.07, 6.45) is 2.95. The highest BCUT2D eigenvalue weighted by Gasteiger charge is 2.30. The molecular formula is C13H21N3O3S. The minimum Gasteiger partial charge on any atom is -0.481 e. The molecule has 1 aromatic rings. The van der Waals surface area contributed by atoms with Gasteiger partial charge in [0.05, 0.1) is 13.3 Å². The first-order chi connectivity index (χ1) is 9.45. The number of sulfonamides is 1. The highest BCUT2D eigenvalue weighted by atomic mass is 32.2. The Morgan fingerprint density at radius 2 is 2.05 bits per heavy atom. The Kier molecular flexibility index (Phi) is 4.62. The molecule has 1 aliphatic rings. The number of pyridine rings is 1. The van der Waals surface area contributed by atoms with E-state index in [0.717, 1.165) is 12.8 Å². The molecular weight excluding hydrogens is 278 g/mol. The standard InChI is InChI=1S/C13H21N3O3S/c1-10(14)11-5-7-16(8-6-11)20(17,18)12-3-4-13(19-2)15-9-12/h3-4,9-11H,5-8,14H2,1-2H3. The van der Waals surface area contributed by atoms with E-state index in [1.165, 1.54) is 23.7 Å². The van der Waals surface area contributed by atoms with E-state index in [1.807, 2.05) is 6.92 Å². The second-order valence-corrected chi connectivity index (χ2v) is 7.07. The molecule has 0 bridgehead atoms. The number of nitrogens with zero attached hydrogens (tertiary/aromatic N) is 2. The van der Waals surface area contributed by atoms with Gasteiger partial charge in [0.2, 0.25) is 15.9 Å². The van der Waals surface area contributed by atoms with Crippen molar-refractivity contribution in [1.82, 2.24) is 9.29 Å². The van der Waals surface area contributed by atoms with Crippen molar-refractivity contribution in [1.29, 1.82) is 0 Å². The number of hydrogen-bond donors (Lipinski definition) is 1. The summed E-state index contributed by atoms with van der Waals surface area (Å²) in [5.74, 6) is 0.801. The molecule has 2 rings (SSSR count). The number of ether oxygens (including phenoxy) is 1. The van der Waals surface area contributed by atoms with Crippen molar-refractivity contribution >= 4 is 10.0 Å². The number of rotatable bonds is 4. The number of nitrogens with two attached hydrogens (primary N) is 1. The molecule has 0 amide bonds. The summed E-state index contributed by atoms with van der Waals surface area (Å²) in [7, 11) is -1.97. The average Bonchev–Trinajstić information content (AvgIpc) is 2.47. The molecule has 0 spiro atoms. The highest BCUT2D eigenvalue weighted by molar-refractivity contribution is 7.89. The molecule has 0 aromatic carbocycles. The van der Waals surface area contributed by atoms with Gasteiger partial charge in [-0.2, -0.15) is 4.31 Å². The fourth-order valence-electron chi connectivity index (χ4n) is 2.43. The summed E-state index contributed by atoms with van der Waals surface area (Å²) in [5, 5.41) is 0. The van der Waals surface area contributed by atoms with Crippen molar-refractivity contribution in [2.45, 2.75) is 30.7 Å². The zero-order valence-electron chi connectivity index (χ0n) is 11.8. The molecule has 20 heavy (non-hydrogen) atoms. The van der Waals surface area contributed by atoms with Gasteiger partial charge in [0, 0.05) is 25.2 Å². The summed E-state index contributed by atoms with van der Waals surface area (Å²) < 4.78 is 31.4. The van der Waals surface area contributed by atoms with Crippen molar-refractivity contribution in [2.75, 3.05) is 20.2 Å². The Morgan fingerprint density at radius 1 is 1.40 bits per heavy atom. The monoisotopic (exact) mass is 299 g/mol. The predicted molar refractivity (Wildman–Crippen MR) is 75.9 cm³/mol. The summed E-state index contributed by atoms with van der Waals surface area (Å²) >= 11 is 0. The lowest BCUT2D eigenvalue weighted by molar-refractivity contribution is 0.250. The fourth-order valence-corrected chi connectivity index (χ4v) is 3.85. The van der Waals surface area contributed by atoms with E-state index < -0.39 is 10.0 Å². The maximum atomic E-state index is 12.5. The highest BCUT2D eigenvalue weighted by Crippen LogP contribution is 2.25. The van der Waals surface area contributed by atoms with Gasteiger partial charge in [-0.1, -0.05) is 0 Å².